The van der Waals surface area contributed by atoms with Gasteiger partial charge in [0.25, 0.3) is 0 Å². The standard InChI is InChI=1S/C12H12F4N2O/c13-8-2-1-7(6-17)10(5-8)18(9-3-4-9)11(19)12(14,15)16/h1-2,5,9H,3-4,6,17H2. The Morgan fingerprint density at radius 1 is 1.37 bits per heavy atom. The molecule has 1 aromatic carbocycles. The lowest BCUT2D eigenvalue weighted by Crippen LogP contribution is -2.43. The van der Waals surface area contributed by atoms with E-state index in [4.69, 9.17) is 5.73 Å². The minimum Gasteiger partial charge on any atom is -0.326 e. The van der Waals surface area contributed by atoms with Gasteiger partial charge in [0.2, 0.25) is 0 Å². The van der Waals surface area contributed by atoms with Crippen LogP contribution in [0.4, 0.5) is 23.2 Å². The van der Waals surface area contributed by atoms with Gasteiger partial charge < -0.3 is 10.6 Å². The van der Waals surface area contributed by atoms with Gasteiger partial charge in [0.1, 0.15) is 5.82 Å². The van der Waals surface area contributed by atoms with Crippen molar-refractivity contribution in [2.45, 2.75) is 31.6 Å². The molecule has 0 heterocycles. The van der Waals surface area contributed by atoms with E-state index in [9.17, 15) is 22.4 Å². The van der Waals surface area contributed by atoms with Crippen molar-refractivity contribution in [2.75, 3.05) is 4.90 Å². The molecule has 104 valence electrons. The zero-order valence-electron chi connectivity index (χ0n) is 9.88. The molecule has 1 aliphatic rings. The summed E-state index contributed by atoms with van der Waals surface area (Å²) in [5.74, 6) is -2.68. The van der Waals surface area contributed by atoms with Crippen LogP contribution in [0.5, 0.6) is 0 Å². The van der Waals surface area contributed by atoms with Crippen molar-refractivity contribution in [3.05, 3.63) is 29.6 Å². The molecular weight excluding hydrogens is 264 g/mol. The highest BCUT2D eigenvalue weighted by Gasteiger charge is 2.48. The maximum Gasteiger partial charge on any atom is 0.471 e. The molecule has 3 nitrogen and oxygen atoms in total. The first-order valence-corrected chi connectivity index (χ1v) is 5.73. The number of anilines is 1. The largest absolute Gasteiger partial charge is 0.471 e. The van der Waals surface area contributed by atoms with Crippen molar-refractivity contribution in [2.24, 2.45) is 5.73 Å². The minimum atomic E-state index is -4.99. The third-order valence-electron chi connectivity index (χ3n) is 2.90. The number of halogens is 4. The molecule has 0 bridgehead atoms. The Hall–Kier alpha value is -1.63. The summed E-state index contributed by atoms with van der Waals surface area (Å²) < 4.78 is 51.0. The van der Waals surface area contributed by atoms with Gasteiger partial charge in [0.15, 0.2) is 0 Å². The van der Waals surface area contributed by atoms with Crippen LogP contribution in [0.2, 0.25) is 0 Å². The van der Waals surface area contributed by atoms with E-state index in [-0.39, 0.29) is 12.2 Å². The fourth-order valence-electron chi connectivity index (χ4n) is 1.88. The van der Waals surface area contributed by atoms with Crippen LogP contribution in [0.3, 0.4) is 0 Å². The normalized spacial score (nSPS) is 15.4. The van der Waals surface area contributed by atoms with E-state index in [1.165, 1.54) is 6.07 Å². The molecule has 2 rings (SSSR count). The smallest absolute Gasteiger partial charge is 0.326 e. The fraction of sp³-hybridized carbons (Fsp3) is 0.417. The maximum absolute atomic E-state index is 13.2. The van der Waals surface area contributed by atoms with E-state index in [2.05, 4.69) is 0 Å². The Bertz CT molecular complexity index is 497. The number of hydrogen-bond donors (Lipinski definition) is 1. The molecular formula is C12H12F4N2O. The summed E-state index contributed by atoms with van der Waals surface area (Å²) in [6, 6.07) is 2.80. The zero-order chi connectivity index (χ0) is 14.2. The molecule has 1 saturated carbocycles. The van der Waals surface area contributed by atoms with Crippen molar-refractivity contribution in [3.8, 4) is 0 Å². The summed E-state index contributed by atoms with van der Waals surface area (Å²) in [5.41, 5.74) is 5.65. The molecule has 0 aliphatic heterocycles. The van der Waals surface area contributed by atoms with Gasteiger partial charge in [-0.25, -0.2) is 4.39 Å². The average molecular weight is 276 g/mol. The van der Waals surface area contributed by atoms with Gasteiger partial charge in [-0.1, -0.05) is 6.07 Å². The molecule has 0 saturated heterocycles. The van der Waals surface area contributed by atoms with Crippen LogP contribution in [-0.4, -0.2) is 18.1 Å². The highest BCUT2D eigenvalue weighted by atomic mass is 19.4. The zero-order valence-corrected chi connectivity index (χ0v) is 9.88. The Balaban J connectivity index is 2.45. The van der Waals surface area contributed by atoms with Gasteiger partial charge in [0.05, 0.1) is 5.69 Å². The maximum atomic E-state index is 13.2. The second kappa shape index (κ2) is 4.80. The first-order valence-electron chi connectivity index (χ1n) is 5.73. The van der Waals surface area contributed by atoms with E-state index in [0.717, 1.165) is 12.1 Å². The van der Waals surface area contributed by atoms with Crippen molar-refractivity contribution in [3.63, 3.8) is 0 Å². The van der Waals surface area contributed by atoms with Crippen molar-refractivity contribution in [1.29, 1.82) is 0 Å². The van der Waals surface area contributed by atoms with Crippen LogP contribution in [0.25, 0.3) is 0 Å². The number of nitrogens with zero attached hydrogens (tertiary/aromatic N) is 1. The van der Waals surface area contributed by atoms with Crippen molar-refractivity contribution < 1.29 is 22.4 Å². The highest BCUT2D eigenvalue weighted by Crippen LogP contribution is 2.37. The van der Waals surface area contributed by atoms with E-state index in [1.807, 2.05) is 0 Å². The molecule has 7 heteroatoms. The number of hydrogen-bond acceptors (Lipinski definition) is 2. The lowest BCUT2D eigenvalue weighted by Gasteiger charge is -2.25. The summed E-state index contributed by atoms with van der Waals surface area (Å²) in [6.45, 7) is -0.0655. The van der Waals surface area contributed by atoms with E-state index < -0.39 is 23.9 Å². The summed E-state index contributed by atoms with van der Waals surface area (Å²) in [7, 11) is 0. The van der Waals surface area contributed by atoms with Gasteiger partial charge >= 0.3 is 12.1 Å². The van der Waals surface area contributed by atoms with Gasteiger partial charge in [-0.05, 0) is 30.5 Å². The average Bonchev–Trinajstić information content (AvgIpc) is 3.13. The predicted octanol–water partition coefficient (Wildman–Crippen LogP) is 2.34. The number of carbonyl (C=O) groups excluding carboxylic acids is 1. The van der Waals surface area contributed by atoms with Crippen LogP contribution in [0.1, 0.15) is 18.4 Å². The van der Waals surface area contributed by atoms with E-state index >= 15 is 0 Å². The molecule has 19 heavy (non-hydrogen) atoms. The van der Waals surface area contributed by atoms with Crippen LogP contribution >= 0.6 is 0 Å². The SMILES string of the molecule is NCc1ccc(F)cc1N(C(=O)C(F)(F)F)C1CC1. The summed E-state index contributed by atoms with van der Waals surface area (Å²) in [4.78, 5) is 12.1. The lowest BCUT2D eigenvalue weighted by atomic mass is 10.1. The molecule has 0 aromatic heterocycles. The van der Waals surface area contributed by atoms with Crippen LogP contribution in [-0.2, 0) is 11.3 Å². The molecule has 1 aliphatic carbocycles. The first-order chi connectivity index (χ1) is 8.84. The molecule has 0 unspecified atom stereocenters. The number of benzene rings is 1. The Morgan fingerprint density at radius 3 is 2.47 bits per heavy atom. The van der Waals surface area contributed by atoms with Crippen molar-refractivity contribution >= 4 is 11.6 Å². The number of carbonyl (C=O) groups is 1. The second-order valence-corrected chi connectivity index (χ2v) is 4.38. The monoisotopic (exact) mass is 276 g/mol. The van der Waals surface area contributed by atoms with Crippen molar-refractivity contribution in [1.82, 2.24) is 0 Å². The molecule has 0 atom stereocenters. The number of amides is 1. The van der Waals surface area contributed by atoms with Gasteiger partial charge in [-0.2, -0.15) is 13.2 Å². The number of rotatable bonds is 3. The highest BCUT2D eigenvalue weighted by molar-refractivity contribution is 5.99. The van der Waals surface area contributed by atoms with E-state index in [0.29, 0.717) is 23.3 Å². The summed E-state index contributed by atoms with van der Waals surface area (Å²) in [6.07, 6.45) is -4.04. The van der Waals surface area contributed by atoms with Gasteiger partial charge in [0, 0.05) is 12.6 Å². The summed E-state index contributed by atoms with van der Waals surface area (Å²) >= 11 is 0. The van der Waals surface area contributed by atoms with Gasteiger partial charge in [-0.15, -0.1) is 0 Å². The van der Waals surface area contributed by atoms with Crippen LogP contribution in [0.15, 0.2) is 18.2 Å². The third-order valence-corrected chi connectivity index (χ3v) is 2.90. The topological polar surface area (TPSA) is 46.3 Å². The minimum absolute atomic E-state index is 0.0655. The van der Waals surface area contributed by atoms with Gasteiger partial charge in [-0.3, -0.25) is 4.79 Å². The molecule has 0 radical (unpaired) electrons. The Kier molecular flexibility index (Phi) is 3.49. The second-order valence-electron chi connectivity index (χ2n) is 4.38. The number of nitrogens with two attached hydrogens (primary N) is 1. The molecule has 2 N–H and O–H groups in total. The number of alkyl halides is 3. The van der Waals surface area contributed by atoms with E-state index in [1.54, 1.807) is 0 Å². The molecule has 0 spiro atoms. The third kappa shape index (κ3) is 2.86. The molecule has 1 amide bonds. The first kappa shape index (κ1) is 13.8. The predicted molar refractivity (Wildman–Crippen MR) is 60.9 cm³/mol. The van der Waals surface area contributed by atoms with Crippen LogP contribution in [0, 0.1) is 5.82 Å². The molecule has 1 aromatic rings. The molecule has 1 fully saturated rings. The van der Waals surface area contributed by atoms with Crippen LogP contribution < -0.4 is 10.6 Å². The Labute approximate surface area is 107 Å². The Morgan fingerprint density at radius 2 is 2.00 bits per heavy atom. The summed E-state index contributed by atoms with van der Waals surface area (Å²) in [5, 5.41) is 0. The lowest BCUT2D eigenvalue weighted by molar-refractivity contribution is -0.170. The fourth-order valence-corrected chi connectivity index (χ4v) is 1.88. The quantitative estimate of drug-likeness (QED) is 0.861.